The minimum atomic E-state index is -0.757. The first-order valence-electron chi connectivity index (χ1n) is 10.7. The van der Waals surface area contributed by atoms with Crippen LogP contribution < -0.4 is 0 Å². The molecule has 0 saturated carbocycles. The molecule has 4 rings (SSSR count). The van der Waals surface area contributed by atoms with E-state index >= 15 is 0 Å². The van der Waals surface area contributed by atoms with Crippen LogP contribution in [0.25, 0.3) is 6.08 Å². The second-order valence-corrected chi connectivity index (χ2v) is 8.53. The number of likely N-dealkylation sites (N-methyl/N-ethyl adjacent to an activating group) is 1. The summed E-state index contributed by atoms with van der Waals surface area (Å²) in [5.74, 6) is -0.101. The molecule has 7 heteroatoms. The Morgan fingerprint density at radius 1 is 1.10 bits per heavy atom. The van der Waals surface area contributed by atoms with Crippen LogP contribution in [-0.2, 0) is 11.3 Å². The Morgan fingerprint density at radius 3 is 2.45 bits per heavy atom. The summed E-state index contributed by atoms with van der Waals surface area (Å²) in [7, 11) is 0. The molecule has 2 aromatic rings. The van der Waals surface area contributed by atoms with E-state index in [1.54, 1.807) is 11.1 Å². The van der Waals surface area contributed by atoms with Crippen molar-refractivity contribution in [2.24, 2.45) is 0 Å². The minimum absolute atomic E-state index is 0.101. The minimum Gasteiger partial charge on any atom is -0.310 e. The summed E-state index contributed by atoms with van der Waals surface area (Å²) in [6, 6.07) is 15.3. The number of halogens is 1. The van der Waals surface area contributed by atoms with Gasteiger partial charge in [0.1, 0.15) is 5.54 Å². The van der Waals surface area contributed by atoms with Crippen LogP contribution in [0.5, 0.6) is 0 Å². The average Bonchev–Trinajstić information content (AvgIpc) is 2.97. The number of pyridine rings is 1. The fourth-order valence-electron chi connectivity index (χ4n) is 4.57. The topological polar surface area (TPSA) is 56.8 Å². The number of likely N-dealkylation sites (tertiary alicyclic amines) is 1. The van der Waals surface area contributed by atoms with Gasteiger partial charge >= 0.3 is 6.03 Å². The van der Waals surface area contributed by atoms with Crippen molar-refractivity contribution >= 4 is 29.6 Å². The summed E-state index contributed by atoms with van der Waals surface area (Å²) in [6.07, 6.45) is 4.88. The van der Waals surface area contributed by atoms with E-state index in [9.17, 15) is 9.59 Å². The third-order valence-corrected chi connectivity index (χ3v) is 6.39. The van der Waals surface area contributed by atoms with Crippen molar-refractivity contribution in [3.05, 3.63) is 71.0 Å². The van der Waals surface area contributed by atoms with Gasteiger partial charge < -0.3 is 4.90 Å². The monoisotopic (exact) mass is 438 g/mol. The van der Waals surface area contributed by atoms with Gasteiger partial charge in [0.05, 0.1) is 12.2 Å². The van der Waals surface area contributed by atoms with Crippen molar-refractivity contribution in [3.8, 4) is 0 Å². The maximum atomic E-state index is 13.4. The van der Waals surface area contributed by atoms with Gasteiger partial charge in [-0.25, -0.2) is 4.79 Å². The Bertz CT molecular complexity index is 956. The van der Waals surface area contributed by atoms with Crippen LogP contribution in [-0.4, -0.2) is 63.3 Å². The molecule has 0 aliphatic carbocycles. The van der Waals surface area contributed by atoms with Gasteiger partial charge in [-0.3, -0.25) is 19.6 Å². The molecule has 2 saturated heterocycles. The standard InChI is InChI=1S/C24H27ClN4O2/c1-2-29-23(31)28(18-21-10-6-7-13-26-21)22(30)24(29)11-14-27(15-12-24)17-20(25)16-19-8-4-3-5-9-19/h3-10,13,16H,2,11-12,14-15,17-18H2,1H3/b20-16-. The number of aromatic nitrogens is 1. The molecule has 1 aromatic carbocycles. The third-order valence-electron chi connectivity index (χ3n) is 6.16. The summed E-state index contributed by atoms with van der Waals surface area (Å²) in [4.78, 5) is 36.1. The van der Waals surface area contributed by atoms with Crippen LogP contribution in [0.2, 0.25) is 0 Å². The van der Waals surface area contributed by atoms with Crippen LogP contribution in [0.1, 0.15) is 31.0 Å². The molecule has 3 amide bonds. The second kappa shape index (κ2) is 9.20. The maximum Gasteiger partial charge on any atom is 0.328 e. The summed E-state index contributed by atoms with van der Waals surface area (Å²) in [5.41, 5.74) is 1.03. The Kier molecular flexibility index (Phi) is 6.39. The molecule has 0 N–H and O–H groups in total. The molecular weight excluding hydrogens is 412 g/mol. The molecule has 162 valence electrons. The lowest BCUT2D eigenvalue weighted by molar-refractivity contribution is -0.136. The number of nitrogens with zero attached hydrogens (tertiary/aromatic N) is 4. The summed E-state index contributed by atoms with van der Waals surface area (Å²) >= 11 is 6.49. The zero-order valence-electron chi connectivity index (χ0n) is 17.7. The van der Waals surface area contributed by atoms with E-state index in [4.69, 9.17) is 11.6 Å². The van der Waals surface area contributed by atoms with Gasteiger partial charge in [0.15, 0.2) is 0 Å². The number of hydrogen-bond donors (Lipinski definition) is 0. The van der Waals surface area contributed by atoms with Crippen molar-refractivity contribution in [2.75, 3.05) is 26.2 Å². The Labute approximate surface area is 188 Å². The maximum absolute atomic E-state index is 13.4. The highest BCUT2D eigenvalue weighted by Crippen LogP contribution is 2.38. The van der Waals surface area contributed by atoms with E-state index in [0.29, 0.717) is 44.7 Å². The average molecular weight is 439 g/mol. The molecule has 3 heterocycles. The number of piperidine rings is 1. The lowest BCUT2D eigenvalue weighted by Crippen LogP contribution is -2.56. The van der Waals surface area contributed by atoms with Crippen molar-refractivity contribution in [2.45, 2.75) is 31.8 Å². The van der Waals surface area contributed by atoms with Crippen LogP contribution in [0.3, 0.4) is 0 Å². The summed E-state index contributed by atoms with van der Waals surface area (Å²) in [6.45, 7) is 4.73. The quantitative estimate of drug-likeness (QED) is 0.640. The number of imide groups is 1. The first kappa shape index (κ1) is 21.5. The highest BCUT2D eigenvalue weighted by molar-refractivity contribution is 6.31. The third kappa shape index (κ3) is 4.36. The number of rotatable bonds is 6. The molecule has 0 unspecified atom stereocenters. The van der Waals surface area contributed by atoms with Crippen molar-refractivity contribution in [1.82, 2.24) is 19.7 Å². The lowest BCUT2D eigenvalue weighted by atomic mass is 9.85. The van der Waals surface area contributed by atoms with E-state index in [2.05, 4.69) is 9.88 Å². The smallest absolute Gasteiger partial charge is 0.310 e. The molecule has 0 bridgehead atoms. The highest BCUT2D eigenvalue weighted by Gasteiger charge is 2.57. The molecule has 31 heavy (non-hydrogen) atoms. The highest BCUT2D eigenvalue weighted by atomic mass is 35.5. The van der Waals surface area contributed by atoms with E-state index in [0.717, 1.165) is 10.6 Å². The first-order valence-corrected chi connectivity index (χ1v) is 11.1. The Hall–Kier alpha value is -2.70. The number of benzene rings is 1. The van der Waals surface area contributed by atoms with Crippen molar-refractivity contribution < 1.29 is 9.59 Å². The zero-order chi connectivity index (χ0) is 21.8. The molecule has 6 nitrogen and oxygen atoms in total. The molecule has 1 spiro atoms. The number of carbonyl (C=O) groups excluding carboxylic acids is 2. The van der Waals surface area contributed by atoms with E-state index in [-0.39, 0.29) is 18.5 Å². The molecule has 2 fully saturated rings. The largest absolute Gasteiger partial charge is 0.328 e. The van der Waals surface area contributed by atoms with E-state index in [1.165, 1.54) is 4.90 Å². The number of hydrogen-bond acceptors (Lipinski definition) is 4. The Balaban J connectivity index is 1.44. The van der Waals surface area contributed by atoms with Gasteiger partial charge in [0.25, 0.3) is 5.91 Å². The predicted molar refractivity (Wildman–Crippen MR) is 121 cm³/mol. The van der Waals surface area contributed by atoms with Crippen LogP contribution in [0, 0.1) is 0 Å². The molecule has 0 radical (unpaired) electrons. The summed E-state index contributed by atoms with van der Waals surface area (Å²) in [5, 5.41) is 0.764. The second-order valence-electron chi connectivity index (χ2n) is 8.05. The lowest BCUT2D eigenvalue weighted by Gasteiger charge is -2.41. The Morgan fingerprint density at radius 2 is 1.81 bits per heavy atom. The zero-order valence-corrected chi connectivity index (χ0v) is 18.5. The molecule has 1 aromatic heterocycles. The van der Waals surface area contributed by atoms with Gasteiger partial charge in [-0.2, -0.15) is 0 Å². The number of carbonyl (C=O) groups is 2. The first-order chi connectivity index (χ1) is 15.0. The van der Waals surface area contributed by atoms with E-state index in [1.807, 2.05) is 61.5 Å². The fraction of sp³-hybridized carbons (Fsp3) is 0.375. The van der Waals surface area contributed by atoms with Crippen molar-refractivity contribution in [3.63, 3.8) is 0 Å². The fourth-order valence-corrected chi connectivity index (χ4v) is 4.86. The normalized spacial score (nSPS) is 19.5. The summed E-state index contributed by atoms with van der Waals surface area (Å²) < 4.78 is 0. The van der Waals surface area contributed by atoms with Crippen LogP contribution >= 0.6 is 11.6 Å². The van der Waals surface area contributed by atoms with Crippen LogP contribution in [0.4, 0.5) is 4.79 Å². The van der Waals surface area contributed by atoms with Gasteiger partial charge in [-0.1, -0.05) is 48.0 Å². The number of urea groups is 1. The SMILES string of the molecule is CCN1C(=O)N(Cc2ccccn2)C(=O)C12CCN(C/C(Cl)=C/c1ccccc1)CC2. The van der Waals surface area contributed by atoms with Gasteiger partial charge in [0, 0.05) is 37.4 Å². The van der Waals surface area contributed by atoms with Crippen LogP contribution in [0.15, 0.2) is 59.8 Å². The molecule has 2 aliphatic rings. The number of amides is 3. The molecular formula is C24H27ClN4O2. The van der Waals surface area contributed by atoms with E-state index < -0.39 is 5.54 Å². The molecule has 2 aliphatic heterocycles. The van der Waals surface area contributed by atoms with Gasteiger partial charge in [-0.05, 0) is 43.5 Å². The van der Waals surface area contributed by atoms with Gasteiger partial charge in [-0.15, -0.1) is 0 Å². The predicted octanol–water partition coefficient (Wildman–Crippen LogP) is 3.98. The van der Waals surface area contributed by atoms with Gasteiger partial charge in [0.2, 0.25) is 0 Å². The molecule has 0 atom stereocenters. The van der Waals surface area contributed by atoms with Crippen molar-refractivity contribution in [1.29, 1.82) is 0 Å².